The summed E-state index contributed by atoms with van der Waals surface area (Å²) in [6, 6.07) is 0.341. The molecular weight excluding hydrogens is 376 g/mol. The summed E-state index contributed by atoms with van der Waals surface area (Å²) < 4.78 is 0. The Morgan fingerprint density at radius 1 is 1.25 bits per heavy atom. The standard InChI is InChI=1S/C20H28N4O3S/c1-2-14(25)9-11-3-8-15-16(11)17-18(21-10-22-19(17)28-15)23-12-4-6-13(7-5-12)24-20(26)27/h10-14,24-25H,2-9H2,1H3,(H,26,27)(H,21,22,23)/t11-,12?,13?,14?/m1/s1. The number of aromatic nitrogens is 2. The topological polar surface area (TPSA) is 107 Å². The molecule has 0 aliphatic heterocycles. The van der Waals surface area contributed by atoms with Crippen LogP contribution in [0.1, 0.15) is 68.2 Å². The first-order valence-electron chi connectivity index (χ1n) is 10.3. The summed E-state index contributed by atoms with van der Waals surface area (Å²) in [5, 5.41) is 26.4. The number of hydrogen-bond donors (Lipinski definition) is 4. The van der Waals surface area contributed by atoms with Crippen LogP contribution < -0.4 is 10.6 Å². The van der Waals surface area contributed by atoms with Crippen molar-refractivity contribution in [2.75, 3.05) is 5.32 Å². The van der Waals surface area contributed by atoms with Crippen molar-refractivity contribution >= 4 is 33.5 Å². The minimum absolute atomic E-state index is 0.0475. The van der Waals surface area contributed by atoms with Gasteiger partial charge in [-0.05, 0) is 62.8 Å². The zero-order chi connectivity index (χ0) is 19.7. The van der Waals surface area contributed by atoms with Gasteiger partial charge in [0, 0.05) is 17.0 Å². The largest absolute Gasteiger partial charge is 0.465 e. The lowest BCUT2D eigenvalue weighted by Crippen LogP contribution is -2.39. The lowest BCUT2D eigenvalue weighted by Gasteiger charge is -2.29. The Hall–Kier alpha value is -1.93. The van der Waals surface area contributed by atoms with Gasteiger partial charge in [-0.2, -0.15) is 0 Å². The number of amides is 1. The van der Waals surface area contributed by atoms with Crippen LogP contribution in [-0.2, 0) is 6.42 Å². The number of nitrogens with zero attached hydrogens (tertiary/aromatic N) is 2. The zero-order valence-corrected chi connectivity index (χ0v) is 17.0. The number of hydrogen-bond acceptors (Lipinski definition) is 6. The Labute approximate surface area is 168 Å². The second kappa shape index (κ2) is 8.21. The highest BCUT2D eigenvalue weighted by Crippen LogP contribution is 2.47. The molecule has 0 bridgehead atoms. The fraction of sp³-hybridized carbons (Fsp3) is 0.650. The molecule has 7 nitrogen and oxygen atoms in total. The fourth-order valence-corrected chi connectivity index (χ4v) is 5.90. The van der Waals surface area contributed by atoms with Gasteiger partial charge in [0.25, 0.3) is 0 Å². The zero-order valence-electron chi connectivity index (χ0n) is 16.1. The van der Waals surface area contributed by atoms with Crippen molar-refractivity contribution in [1.82, 2.24) is 15.3 Å². The van der Waals surface area contributed by atoms with Gasteiger partial charge < -0.3 is 20.8 Å². The van der Waals surface area contributed by atoms with Gasteiger partial charge in [0.1, 0.15) is 17.0 Å². The third-order valence-corrected chi connectivity index (χ3v) is 7.33. The molecule has 0 radical (unpaired) electrons. The molecule has 0 saturated heterocycles. The molecule has 2 aliphatic carbocycles. The van der Waals surface area contributed by atoms with Crippen LogP contribution in [0.3, 0.4) is 0 Å². The molecule has 1 amide bonds. The number of nitrogens with one attached hydrogen (secondary N) is 2. The Morgan fingerprint density at radius 3 is 2.71 bits per heavy atom. The van der Waals surface area contributed by atoms with Gasteiger partial charge in [-0.3, -0.25) is 0 Å². The van der Waals surface area contributed by atoms with Crippen LogP contribution >= 0.6 is 11.3 Å². The number of aryl methyl sites for hydroxylation is 1. The van der Waals surface area contributed by atoms with E-state index in [1.54, 1.807) is 17.7 Å². The smallest absolute Gasteiger partial charge is 0.404 e. The molecular formula is C20H28N4O3S. The Bertz CT molecular complexity index is 847. The molecule has 8 heteroatoms. The number of carbonyl (C=O) groups is 1. The van der Waals surface area contributed by atoms with Crippen molar-refractivity contribution in [3.8, 4) is 0 Å². The molecule has 1 unspecified atom stereocenters. The quantitative estimate of drug-likeness (QED) is 0.582. The highest BCUT2D eigenvalue weighted by Gasteiger charge is 2.31. The molecule has 0 spiro atoms. The van der Waals surface area contributed by atoms with Gasteiger partial charge >= 0.3 is 6.09 Å². The van der Waals surface area contributed by atoms with Crippen LogP contribution in [0.4, 0.5) is 10.6 Å². The van der Waals surface area contributed by atoms with E-state index in [1.807, 2.05) is 6.92 Å². The van der Waals surface area contributed by atoms with Gasteiger partial charge in [0.15, 0.2) is 0 Å². The maximum atomic E-state index is 10.8. The lowest BCUT2D eigenvalue weighted by molar-refractivity contribution is 0.151. The summed E-state index contributed by atoms with van der Waals surface area (Å²) in [7, 11) is 0. The molecule has 0 aromatic carbocycles. The fourth-order valence-electron chi connectivity index (χ4n) is 4.66. The minimum Gasteiger partial charge on any atom is -0.465 e. The third kappa shape index (κ3) is 3.93. The highest BCUT2D eigenvalue weighted by molar-refractivity contribution is 7.19. The van der Waals surface area contributed by atoms with Gasteiger partial charge in [-0.25, -0.2) is 14.8 Å². The highest BCUT2D eigenvalue weighted by atomic mass is 32.1. The van der Waals surface area contributed by atoms with Gasteiger partial charge in [0.05, 0.1) is 11.5 Å². The Kier molecular flexibility index (Phi) is 5.68. The van der Waals surface area contributed by atoms with Crippen molar-refractivity contribution in [3.63, 3.8) is 0 Å². The van der Waals surface area contributed by atoms with E-state index in [4.69, 9.17) is 5.11 Å². The van der Waals surface area contributed by atoms with E-state index in [2.05, 4.69) is 20.6 Å². The molecule has 2 heterocycles. The maximum absolute atomic E-state index is 10.8. The molecule has 2 aromatic heterocycles. The summed E-state index contributed by atoms with van der Waals surface area (Å²) in [6.45, 7) is 2.03. The van der Waals surface area contributed by atoms with Gasteiger partial charge in [-0.1, -0.05) is 6.92 Å². The van der Waals surface area contributed by atoms with Crippen molar-refractivity contribution in [2.45, 2.75) is 82.4 Å². The molecule has 2 aromatic rings. The predicted octanol–water partition coefficient (Wildman–Crippen LogP) is 3.87. The van der Waals surface area contributed by atoms with Crippen LogP contribution in [0.15, 0.2) is 6.33 Å². The predicted molar refractivity (Wildman–Crippen MR) is 110 cm³/mol. The number of anilines is 1. The molecule has 4 N–H and O–H groups in total. The number of thiophene rings is 1. The average Bonchev–Trinajstić information content (AvgIpc) is 3.23. The molecule has 2 atom stereocenters. The first kappa shape index (κ1) is 19.4. The van der Waals surface area contributed by atoms with Crippen molar-refractivity contribution in [1.29, 1.82) is 0 Å². The molecule has 1 fully saturated rings. The number of aliphatic hydroxyl groups excluding tert-OH is 1. The van der Waals surface area contributed by atoms with E-state index in [0.29, 0.717) is 12.0 Å². The number of rotatable bonds is 6. The molecule has 2 aliphatic rings. The van der Waals surface area contributed by atoms with Crippen molar-refractivity contribution < 1.29 is 15.0 Å². The summed E-state index contributed by atoms with van der Waals surface area (Å²) in [4.78, 5) is 22.3. The summed E-state index contributed by atoms with van der Waals surface area (Å²) in [6.07, 6.45) is 7.67. The summed E-state index contributed by atoms with van der Waals surface area (Å²) in [5.74, 6) is 1.27. The van der Waals surface area contributed by atoms with E-state index in [-0.39, 0.29) is 12.1 Å². The van der Waals surface area contributed by atoms with E-state index < -0.39 is 6.09 Å². The number of fused-ring (bicyclic) bond motifs is 3. The summed E-state index contributed by atoms with van der Waals surface area (Å²) in [5.41, 5.74) is 1.34. The SMILES string of the molecule is CCC(O)C[C@H]1CCc2sc3ncnc(NC4CCC(NC(=O)O)CC4)c3c21. The van der Waals surface area contributed by atoms with E-state index in [0.717, 1.165) is 67.4 Å². The molecule has 1 saturated carbocycles. The first-order valence-corrected chi connectivity index (χ1v) is 11.1. The van der Waals surface area contributed by atoms with Crippen LogP contribution in [0, 0.1) is 0 Å². The second-order valence-corrected chi connectivity index (χ2v) is 9.10. The lowest BCUT2D eigenvalue weighted by atomic mass is 9.90. The minimum atomic E-state index is -0.942. The first-order chi connectivity index (χ1) is 13.5. The Morgan fingerprint density at radius 2 is 2.00 bits per heavy atom. The van der Waals surface area contributed by atoms with Crippen LogP contribution in [0.2, 0.25) is 0 Å². The van der Waals surface area contributed by atoms with E-state index in [1.165, 1.54) is 10.4 Å². The molecule has 4 rings (SSSR count). The monoisotopic (exact) mass is 404 g/mol. The van der Waals surface area contributed by atoms with E-state index in [9.17, 15) is 9.90 Å². The average molecular weight is 405 g/mol. The summed E-state index contributed by atoms with van der Waals surface area (Å²) >= 11 is 1.76. The number of aliphatic hydroxyl groups is 1. The van der Waals surface area contributed by atoms with Crippen LogP contribution in [0.5, 0.6) is 0 Å². The maximum Gasteiger partial charge on any atom is 0.404 e. The van der Waals surface area contributed by atoms with Crippen LogP contribution in [0.25, 0.3) is 10.2 Å². The number of carboxylic acid groups (broad SMARTS) is 1. The second-order valence-electron chi connectivity index (χ2n) is 8.02. The molecule has 28 heavy (non-hydrogen) atoms. The normalized spacial score (nSPS) is 25.4. The molecule has 152 valence electrons. The van der Waals surface area contributed by atoms with Crippen LogP contribution in [-0.4, -0.2) is 44.5 Å². The van der Waals surface area contributed by atoms with Gasteiger partial charge in [-0.15, -0.1) is 11.3 Å². The Balaban J connectivity index is 1.53. The van der Waals surface area contributed by atoms with E-state index >= 15 is 0 Å². The van der Waals surface area contributed by atoms with Crippen molar-refractivity contribution in [3.05, 3.63) is 16.8 Å². The van der Waals surface area contributed by atoms with Gasteiger partial charge in [0.2, 0.25) is 0 Å². The third-order valence-electron chi connectivity index (χ3n) is 6.15. The van der Waals surface area contributed by atoms with Crippen molar-refractivity contribution in [2.24, 2.45) is 0 Å².